The van der Waals surface area contributed by atoms with Crippen LogP contribution < -0.4 is 0 Å². The minimum Gasteiger partial charge on any atom is -0.508 e. The number of hydrogen-bond donors (Lipinski definition) is 1. The molecule has 2 heterocycles. The number of benzene rings is 1. The van der Waals surface area contributed by atoms with Crippen LogP contribution in [0.15, 0.2) is 51.7 Å². The van der Waals surface area contributed by atoms with Gasteiger partial charge in [0, 0.05) is 5.39 Å². The molecule has 0 aliphatic carbocycles. The van der Waals surface area contributed by atoms with Gasteiger partial charge in [-0.25, -0.2) is 0 Å². The number of phenols is 1. The number of aromatic hydroxyl groups is 1. The highest BCUT2D eigenvalue weighted by atomic mass is 16.3. The van der Waals surface area contributed by atoms with Crippen LogP contribution in [-0.2, 0) is 0 Å². The molecule has 0 spiro atoms. The van der Waals surface area contributed by atoms with E-state index in [9.17, 15) is 5.11 Å². The summed E-state index contributed by atoms with van der Waals surface area (Å²) in [6.07, 6.45) is 3.24. The standard InChI is InChI=1S/C12H8O3/c13-8-3-4-12-9(6-8)10(7-15-12)11-2-1-5-14-11/h1-7,13H. The van der Waals surface area contributed by atoms with Gasteiger partial charge in [-0.2, -0.15) is 0 Å². The molecular formula is C12H8O3. The first kappa shape index (κ1) is 8.17. The first-order valence-electron chi connectivity index (χ1n) is 4.59. The zero-order valence-electron chi connectivity index (χ0n) is 7.81. The predicted molar refractivity (Wildman–Crippen MR) is 55.6 cm³/mol. The van der Waals surface area contributed by atoms with Crippen molar-refractivity contribution in [1.29, 1.82) is 0 Å². The molecule has 3 aromatic rings. The quantitative estimate of drug-likeness (QED) is 0.654. The van der Waals surface area contributed by atoms with Crippen molar-refractivity contribution < 1.29 is 13.9 Å². The molecule has 0 aliphatic heterocycles. The van der Waals surface area contributed by atoms with Crippen LogP contribution in [0.5, 0.6) is 5.75 Å². The third kappa shape index (κ3) is 1.21. The Hall–Kier alpha value is -2.16. The summed E-state index contributed by atoms with van der Waals surface area (Å²) in [7, 11) is 0. The predicted octanol–water partition coefficient (Wildman–Crippen LogP) is 3.40. The van der Waals surface area contributed by atoms with Crippen LogP contribution in [0.25, 0.3) is 22.3 Å². The second-order valence-electron chi connectivity index (χ2n) is 3.31. The Labute approximate surface area is 85.6 Å². The van der Waals surface area contributed by atoms with Crippen molar-refractivity contribution in [3.05, 3.63) is 42.9 Å². The van der Waals surface area contributed by atoms with Gasteiger partial charge in [0.05, 0.1) is 11.8 Å². The molecule has 15 heavy (non-hydrogen) atoms. The molecule has 0 bridgehead atoms. The number of rotatable bonds is 1. The molecule has 0 amide bonds. The van der Waals surface area contributed by atoms with Gasteiger partial charge in [0.15, 0.2) is 0 Å². The van der Waals surface area contributed by atoms with Crippen molar-refractivity contribution in [2.45, 2.75) is 0 Å². The molecule has 3 heteroatoms. The van der Waals surface area contributed by atoms with Crippen molar-refractivity contribution in [3.63, 3.8) is 0 Å². The molecule has 0 saturated carbocycles. The molecule has 1 N–H and O–H groups in total. The summed E-state index contributed by atoms with van der Waals surface area (Å²) in [5, 5.41) is 10.3. The molecule has 74 valence electrons. The maximum atomic E-state index is 9.40. The van der Waals surface area contributed by atoms with E-state index in [2.05, 4.69) is 0 Å². The van der Waals surface area contributed by atoms with Crippen LogP contribution in [-0.4, -0.2) is 5.11 Å². The van der Waals surface area contributed by atoms with E-state index >= 15 is 0 Å². The van der Waals surface area contributed by atoms with E-state index < -0.39 is 0 Å². The lowest BCUT2D eigenvalue weighted by Crippen LogP contribution is -1.70. The Morgan fingerprint density at radius 2 is 2.00 bits per heavy atom. The largest absolute Gasteiger partial charge is 0.508 e. The third-order valence-corrected chi connectivity index (χ3v) is 2.34. The summed E-state index contributed by atoms with van der Waals surface area (Å²) in [5.41, 5.74) is 1.59. The molecule has 1 aromatic carbocycles. The molecule has 0 radical (unpaired) electrons. The Balaban J connectivity index is 2.32. The van der Waals surface area contributed by atoms with E-state index in [1.165, 1.54) is 0 Å². The van der Waals surface area contributed by atoms with Gasteiger partial charge in [-0.05, 0) is 30.3 Å². The summed E-state index contributed by atoms with van der Waals surface area (Å²) in [6, 6.07) is 8.66. The van der Waals surface area contributed by atoms with Crippen molar-refractivity contribution in [2.24, 2.45) is 0 Å². The van der Waals surface area contributed by atoms with E-state index in [0.717, 1.165) is 22.3 Å². The van der Waals surface area contributed by atoms with Crippen LogP contribution in [0.2, 0.25) is 0 Å². The molecular weight excluding hydrogens is 192 g/mol. The maximum absolute atomic E-state index is 9.40. The first-order chi connectivity index (χ1) is 7.34. The molecule has 0 fully saturated rings. The average Bonchev–Trinajstić information content (AvgIpc) is 2.83. The van der Waals surface area contributed by atoms with Crippen LogP contribution >= 0.6 is 0 Å². The molecule has 3 rings (SSSR count). The van der Waals surface area contributed by atoms with Crippen LogP contribution in [0.1, 0.15) is 0 Å². The lowest BCUT2D eigenvalue weighted by Gasteiger charge is -1.93. The Morgan fingerprint density at radius 3 is 2.80 bits per heavy atom. The van der Waals surface area contributed by atoms with E-state index in [0.29, 0.717) is 0 Å². The average molecular weight is 200 g/mol. The van der Waals surface area contributed by atoms with Gasteiger partial charge in [0.25, 0.3) is 0 Å². The lowest BCUT2D eigenvalue weighted by atomic mass is 10.1. The number of fused-ring (bicyclic) bond motifs is 1. The fourth-order valence-corrected chi connectivity index (χ4v) is 1.64. The number of phenolic OH excluding ortho intramolecular Hbond substituents is 1. The van der Waals surface area contributed by atoms with Gasteiger partial charge in [0.2, 0.25) is 0 Å². The molecule has 0 saturated heterocycles. The normalized spacial score (nSPS) is 10.9. The Morgan fingerprint density at radius 1 is 1.07 bits per heavy atom. The fourth-order valence-electron chi connectivity index (χ4n) is 1.64. The highest BCUT2D eigenvalue weighted by molar-refractivity contribution is 5.93. The van der Waals surface area contributed by atoms with Crippen molar-refractivity contribution >= 4 is 11.0 Å². The van der Waals surface area contributed by atoms with Crippen molar-refractivity contribution in [1.82, 2.24) is 0 Å². The van der Waals surface area contributed by atoms with Crippen LogP contribution in [0, 0.1) is 0 Å². The molecule has 3 nitrogen and oxygen atoms in total. The van der Waals surface area contributed by atoms with Gasteiger partial charge in [0.1, 0.15) is 23.4 Å². The van der Waals surface area contributed by atoms with E-state index in [-0.39, 0.29) is 5.75 Å². The van der Waals surface area contributed by atoms with Crippen LogP contribution in [0.4, 0.5) is 0 Å². The summed E-state index contributed by atoms with van der Waals surface area (Å²) in [6.45, 7) is 0. The smallest absolute Gasteiger partial charge is 0.137 e. The number of furan rings is 2. The van der Waals surface area contributed by atoms with Crippen molar-refractivity contribution in [2.75, 3.05) is 0 Å². The molecule has 0 unspecified atom stereocenters. The van der Waals surface area contributed by atoms with E-state index in [1.54, 1.807) is 30.7 Å². The van der Waals surface area contributed by atoms with Gasteiger partial charge in [-0.1, -0.05) is 0 Å². The monoisotopic (exact) mass is 200 g/mol. The summed E-state index contributed by atoms with van der Waals surface area (Å²) < 4.78 is 10.6. The van der Waals surface area contributed by atoms with Gasteiger partial charge in [-0.3, -0.25) is 0 Å². The molecule has 0 atom stereocenters. The fraction of sp³-hybridized carbons (Fsp3) is 0. The van der Waals surface area contributed by atoms with Gasteiger partial charge in [-0.15, -0.1) is 0 Å². The van der Waals surface area contributed by atoms with Crippen LogP contribution in [0.3, 0.4) is 0 Å². The maximum Gasteiger partial charge on any atom is 0.137 e. The van der Waals surface area contributed by atoms with E-state index in [1.807, 2.05) is 12.1 Å². The molecule has 2 aromatic heterocycles. The first-order valence-corrected chi connectivity index (χ1v) is 4.59. The van der Waals surface area contributed by atoms with E-state index in [4.69, 9.17) is 8.83 Å². The Bertz CT molecular complexity index is 590. The molecule has 0 aliphatic rings. The summed E-state index contributed by atoms with van der Waals surface area (Å²) in [4.78, 5) is 0. The minimum absolute atomic E-state index is 0.219. The van der Waals surface area contributed by atoms with Gasteiger partial charge >= 0.3 is 0 Å². The topological polar surface area (TPSA) is 46.5 Å². The minimum atomic E-state index is 0.219. The highest BCUT2D eigenvalue weighted by Crippen LogP contribution is 2.32. The zero-order chi connectivity index (χ0) is 10.3. The van der Waals surface area contributed by atoms with Crippen molar-refractivity contribution in [3.8, 4) is 17.1 Å². The third-order valence-electron chi connectivity index (χ3n) is 2.34. The second-order valence-corrected chi connectivity index (χ2v) is 3.31. The SMILES string of the molecule is Oc1ccc2occ(-c3ccco3)c2c1. The highest BCUT2D eigenvalue weighted by Gasteiger charge is 2.10. The summed E-state index contributed by atoms with van der Waals surface area (Å²) >= 11 is 0. The van der Waals surface area contributed by atoms with Gasteiger partial charge < -0.3 is 13.9 Å². The zero-order valence-corrected chi connectivity index (χ0v) is 7.81. The lowest BCUT2D eigenvalue weighted by molar-refractivity contribution is 0.476. The Kier molecular flexibility index (Phi) is 1.59. The summed E-state index contributed by atoms with van der Waals surface area (Å²) in [5.74, 6) is 0.955. The second kappa shape index (κ2) is 2.92. The number of hydrogen-bond acceptors (Lipinski definition) is 3.